The van der Waals surface area contributed by atoms with Crippen molar-refractivity contribution < 1.29 is 14.4 Å². The van der Waals surface area contributed by atoms with E-state index in [-0.39, 0.29) is 12.3 Å². The van der Waals surface area contributed by atoms with Crippen LogP contribution in [0, 0.1) is 6.92 Å². The van der Waals surface area contributed by atoms with Crippen molar-refractivity contribution in [3.63, 3.8) is 0 Å². The van der Waals surface area contributed by atoms with Crippen molar-refractivity contribution in [1.29, 1.82) is 0 Å². The third-order valence-corrected chi connectivity index (χ3v) is 4.60. The zero-order valence-corrected chi connectivity index (χ0v) is 18.4. The minimum atomic E-state index is -0.917. The predicted octanol–water partition coefficient (Wildman–Crippen LogP) is 4.20. The molecule has 0 aliphatic heterocycles. The summed E-state index contributed by atoms with van der Waals surface area (Å²) in [5.74, 6) is -2.05. The van der Waals surface area contributed by atoms with E-state index in [0.29, 0.717) is 17.1 Å². The van der Waals surface area contributed by atoms with Gasteiger partial charge in [-0.05, 0) is 61.9 Å². The largest absolute Gasteiger partial charge is 0.356 e. The van der Waals surface area contributed by atoms with E-state index >= 15 is 0 Å². The maximum atomic E-state index is 12.3. The quantitative estimate of drug-likeness (QED) is 0.249. The second-order valence-corrected chi connectivity index (χ2v) is 7.35. The lowest BCUT2D eigenvalue weighted by molar-refractivity contribution is -0.136. The Morgan fingerprint density at radius 3 is 2.03 bits per heavy atom. The number of anilines is 4. The van der Waals surface area contributed by atoms with Gasteiger partial charge in [-0.3, -0.25) is 14.4 Å². The molecule has 0 fully saturated rings. The number of hydrogen-bond donors (Lipinski definition) is 4. The molecule has 0 atom stereocenters. The third kappa shape index (κ3) is 7.32. The number of nitrogens with one attached hydrogen (secondary N) is 4. The fraction of sp³-hybridized carbons (Fsp3) is 0.120. The second kappa shape index (κ2) is 11.2. The Morgan fingerprint density at radius 1 is 0.727 bits per heavy atom. The molecule has 168 valence electrons. The van der Waals surface area contributed by atoms with Gasteiger partial charge in [0.1, 0.15) is 0 Å². The Morgan fingerprint density at radius 2 is 1.33 bits per heavy atom. The van der Waals surface area contributed by atoms with Gasteiger partial charge >= 0.3 is 11.8 Å². The van der Waals surface area contributed by atoms with E-state index in [9.17, 15) is 14.4 Å². The highest BCUT2D eigenvalue weighted by atomic mass is 16.2. The fourth-order valence-corrected chi connectivity index (χ4v) is 2.89. The van der Waals surface area contributed by atoms with E-state index in [1.807, 2.05) is 61.5 Å². The Balaban J connectivity index is 1.46. The molecule has 0 aliphatic rings. The first kappa shape index (κ1) is 23.2. The first-order chi connectivity index (χ1) is 15.9. The summed E-state index contributed by atoms with van der Waals surface area (Å²) >= 11 is 0. The zero-order valence-electron chi connectivity index (χ0n) is 18.4. The number of aryl methyl sites for hydroxylation is 1. The maximum Gasteiger partial charge on any atom is 0.329 e. The summed E-state index contributed by atoms with van der Waals surface area (Å²) < 4.78 is 0. The molecule has 8 nitrogen and oxygen atoms in total. The van der Waals surface area contributed by atoms with Crippen LogP contribution in [0.15, 0.2) is 84.0 Å². The number of carbonyl (C=O) groups is 3. The maximum absolute atomic E-state index is 12.3. The van der Waals surface area contributed by atoms with Gasteiger partial charge in [0.25, 0.3) is 0 Å². The van der Waals surface area contributed by atoms with Crippen LogP contribution >= 0.6 is 0 Å². The van der Waals surface area contributed by atoms with Crippen molar-refractivity contribution in [2.24, 2.45) is 5.10 Å². The second-order valence-electron chi connectivity index (χ2n) is 7.35. The summed E-state index contributed by atoms with van der Waals surface area (Å²) in [6.45, 7) is 3.41. The molecule has 0 bridgehead atoms. The lowest BCUT2D eigenvalue weighted by Gasteiger charge is -2.09. The average Bonchev–Trinajstić information content (AvgIpc) is 2.81. The molecule has 0 aliphatic carbocycles. The number of carbonyl (C=O) groups excluding carboxylic acids is 3. The smallest absolute Gasteiger partial charge is 0.329 e. The molecule has 0 radical (unpaired) electrons. The normalized spacial score (nSPS) is 10.8. The number of hydrogen-bond acceptors (Lipinski definition) is 5. The molecule has 0 unspecified atom stereocenters. The van der Waals surface area contributed by atoms with Gasteiger partial charge in [-0.1, -0.05) is 36.4 Å². The molecule has 3 aromatic carbocycles. The van der Waals surface area contributed by atoms with Crippen LogP contribution in [-0.4, -0.2) is 23.4 Å². The van der Waals surface area contributed by atoms with Gasteiger partial charge in [-0.25, -0.2) is 5.43 Å². The molecule has 0 saturated carbocycles. The van der Waals surface area contributed by atoms with Crippen molar-refractivity contribution in [3.8, 4) is 0 Å². The van der Waals surface area contributed by atoms with E-state index in [0.717, 1.165) is 16.9 Å². The molecule has 3 amide bonds. The first-order valence-electron chi connectivity index (χ1n) is 10.3. The van der Waals surface area contributed by atoms with Gasteiger partial charge < -0.3 is 16.0 Å². The van der Waals surface area contributed by atoms with Crippen LogP contribution in [0.25, 0.3) is 0 Å². The summed E-state index contributed by atoms with van der Waals surface area (Å²) in [5, 5.41) is 12.4. The van der Waals surface area contributed by atoms with E-state index in [1.165, 1.54) is 0 Å². The van der Waals surface area contributed by atoms with E-state index in [4.69, 9.17) is 0 Å². The van der Waals surface area contributed by atoms with Gasteiger partial charge in [0.05, 0.1) is 6.42 Å². The van der Waals surface area contributed by atoms with Crippen molar-refractivity contribution in [2.75, 3.05) is 16.0 Å². The third-order valence-electron chi connectivity index (χ3n) is 4.60. The van der Waals surface area contributed by atoms with Crippen molar-refractivity contribution >= 4 is 46.2 Å². The minimum Gasteiger partial charge on any atom is -0.356 e. The van der Waals surface area contributed by atoms with Crippen LogP contribution in [0.2, 0.25) is 0 Å². The fourth-order valence-electron chi connectivity index (χ4n) is 2.89. The molecule has 8 heteroatoms. The van der Waals surface area contributed by atoms with Gasteiger partial charge in [0, 0.05) is 28.5 Å². The number of amides is 3. The Bertz CT molecular complexity index is 1160. The highest BCUT2D eigenvalue weighted by Crippen LogP contribution is 2.18. The number of benzene rings is 3. The molecule has 3 aromatic rings. The summed E-state index contributed by atoms with van der Waals surface area (Å²) in [5.41, 5.74) is 6.39. The van der Waals surface area contributed by atoms with Crippen molar-refractivity contribution in [1.82, 2.24) is 5.43 Å². The van der Waals surface area contributed by atoms with E-state index < -0.39 is 11.8 Å². The monoisotopic (exact) mass is 443 g/mol. The number of para-hydroxylation sites is 2. The molecular weight excluding hydrogens is 418 g/mol. The molecule has 0 aromatic heterocycles. The van der Waals surface area contributed by atoms with Crippen LogP contribution < -0.4 is 21.4 Å². The minimum absolute atomic E-state index is 0.0380. The summed E-state index contributed by atoms with van der Waals surface area (Å²) in [6, 6.07) is 24.2. The highest BCUT2D eigenvalue weighted by molar-refractivity contribution is 6.39. The van der Waals surface area contributed by atoms with Gasteiger partial charge in [0.15, 0.2) is 0 Å². The van der Waals surface area contributed by atoms with Crippen molar-refractivity contribution in [2.45, 2.75) is 20.3 Å². The predicted molar refractivity (Wildman–Crippen MR) is 130 cm³/mol. The van der Waals surface area contributed by atoms with E-state index in [1.54, 1.807) is 31.2 Å². The van der Waals surface area contributed by atoms with Crippen LogP contribution in [-0.2, 0) is 14.4 Å². The lowest BCUT2D eigenvalue weighted by Crippen LogP contribution is -2.33. The topological polar surface area (TPSA) is 112 Å². The average molecular weight is 444 g/mol. The Hall–Kier alpha value is -4.46. The highest BCUT2D eigenvalue weighted by Gasteiger charge is 2.14. The standard InChI is InChI=1S/C25H25N5O3/c1-17-8-6-7-11-22(17)28-24(32)25(33)30-29-18(2)16-23(31)27-21-14-12-20(13-15-21)26-19-9-4-3-5-10-19/h3-15,26H,16H2,1-2H3,(H,27,31)(H,28,32)(H,30,33)/b29-18-. The lowest BCUT2D eigenvalue weighted by atomic mass is 10.2. The zero-order chi connectivity index (χ0) is 23.6. The number of nitrogens with zero attached hydrogens (tertiary/aromatic N) is 1. The molecule has 33 heavy (non-hydrogen) atoms. The van der Waals surface area contributed by atoms with E-state index in [2.05, 4.69) is 26.5 Å². The Labute approximate surface area is 192 Å². The van der Waals surface area contributed by atoms with Gasteiger partial charge in [-0.15, -0.1) is 0 Å². The van der Waals surface area contributed by atoms with Crippen molar-refractivity contribution in [3.05, 3.63) is 84.4 Å². The number of rotatable bonds is 7. The summed E-state index contributed by atoms with van der Waals surface area (Å²) in [4.78, 5) is 36.2. The molecule has 0 spiro atoms. The van der Waals surface area contributed by atoms with Gasteiger partial charge in [-0.2, -0.15) is 5.10 Å². The molecule has 4 N–H and O–H groups in total. The molecule has 0 saturated heterocycles. The number of hydrazone groups is 1. The van der Waals surface area contributed by atoms with Crippen LogP contribution in [0.5, 0.6) is 0 Å². The molecule has 0 heterocycles. The summed E-state index contributed by atoms with van der Waals surface area (Å²) in [7, 11) is 0. The Kier molecular flexibility index (Phi) is 7.91. The molecular formula is C25H25N5O3. The van der Waals surface area contributed by atoms with Crippen LogP contribution in [0.3, 0.4) is 0 Å². The van der Waals surface area contributed by atoms with Crippen LogP contribution in [0.1, 0.15) is 18.9 Å². The first-order valence-corrected chi connectivity index (χ1v) is 10.3. The van der Waals surface area contributed by atoms with Crippen LogP contribution in [0.4, 0.5) is 22.7 Å². The molecule has 3 rings (SSSR count). The SMILES string of the molecule is C/C(CC(=O)Nc1ccc(Nc2ccccc2)cc1)=N/NC(=O)C(=O)Nc1ccccc1C. The summed E-state index contributed by atoms with van der Waals surface area (Å²) in [6.07, 6.45) is -0.0380. The van der Waals surface area contributed by atoms with Gasteiger partial charge in [0.2, 0.25) is 5.91 Å².